The molecule has 0 fully saturated rings. The summed E-state index contributed by atoms with van der Waals surface area (Å²) in [5, 5.41) is 2.43. The van der Waals surface area contributed by atoms with Gasteiger partial charge in [-0.2, -0.15) is 0 Å². The van der Waals surface area contributed by atoms with Gasteiger partial charge in [0.05, 0.1) is 0 Å². The maximum Gasteiger partial charge on any atom is 0.227 e. The molecule has 216 valence electrons. The van der Waals surface area contributed by atoms with Crippen molar-refractivity contribution < 1.29 is 4.42 Å². The molecular weight excluding hydrogens is 560 g/mol. The van der Waals surface area contributed by atoms with Gasteiger partial charge in [0.25, 0.3) is 0 Å². The van der Waals surface area contributed by atoms with Gasteiger partial charge in [0.15, 0.2) is 5.76 Å². The predicted molar refractivity (Wildman–Crippen MR) is 189 cm³/mol. The van der Waals surface area contributed by atoms with E-state index in [0.717, 1.165) is 45.2 Å². The molecule has 0 saturated heterocycles. The molecule has 7 aromatic carbocycles. The van der Waals surface area contributed by atoms with Crippen LogP contribution in [0, 0.1) is 0 Å². The highest BCUT2D eigenvalue weighted by molar-refractivity contribution is 6.13. The first-order valence-electron chi connectivity index (χ1n) is 15.5. The molecule has 0 amide bonds. The first-order chi connectivity index (χ1) is 22.8. The summed E-state index contributed by atoms with van der Waals surface area (Å²) in [6.45, 7) is 0. The van der Waals surface area contributed by atoms with E-state index < -0.39 is 0 Å². The van der Waals surface area contributed by atoms with Gasteiger partial charge in [-0.05, 0) is 70.1 Å². The zero-order valence-corrected chi connectivity index (χ0v) is 25.0. The number of rotatable bonds is 6. The van der Waals surface area contributed by atoms with Gasteiger partial charge in [0.1, 0.15) is 5.69 Å². The number of benzene rings is 7. The zero-order valence-electron chi connectivity index (χ0n) is 25.0. The summed E-state index contributed by atoms with van der Waals surface area (Å²) in [5.74, 6) is 1.47. The quantitative estimate of drug-likeness (QED) is 0.193. The molecular formula is C43H28N2O. The van der Waals surface area contributed by atoms with Crippen molar-refractivity contribution in [2.45, 2.75) is 0 Å². The number of hydrogen-bond acceptors (Lipinski definition) is 3. The first-order valence-corrected chi connectivity index (χ1v) is 15.5. The van der Waals surface area contributed by atoms with E-state index in [1.54, 1.807) is 0 Å². The van der Waals surface area contributed by atoms with Crippen LogP contribution in [-0.2, 0) is 0 Å². The normalized spacial score (nSPS) is 11.5. The van der Waals surface area contributed by atoms with Crippen LogP contribution in [0.2, 0.25) is 0 Å². The summed E-state index contributed by atoms with van der Waals surface area (Å²) in [7, 11) is 0. The van der Waals surface area contributed by atoms with Gasteiger partial charge in [0.2, 0.25) is 5.89 Å². The average Bonchev–Trinajstić information content (AvgIpc) is 3.70. The molecule has 9 rings (SSSR count). The molecule has 3 nitrogen and oxygen atoms in total. The van der Waals surface area contributed by atoms with E-state index >= 15 is 0 Å². The lowest BCUT2D eigenvalue weighted by Gasteiger charge is -2.26. The Morgan fingerprint density at radius 1 is 0.413 bits per heavy atom. The lowest BCUT2D eigenvalue weighted by atomic mass is 10.0. The minimum absolute atomic E-state index is 0.622. The molecule has 1 heterocycles. The summed E-state index contributed by atoms with van der Waals surface area (Å²) in [6.07, 6.45) is 0. The van der Waals surface area contributed by atoms with E-state index in [-0.39, 0.29) is 0 Å². The molecule has 0 bridgehead atoms. The fraction of sp³-hybridized carbons (Fsp3) is 0. The predicted octanol–water partition coefficient (Wildman–Crippen LogP) is 11.9. The monoisotopic (exact) mass is 588 g/mol. The van der Waals surface area contributed by atoms with Crippen LogP contribution in [0.1, 0.15) is 0 Å². The highest BCUT2D eigenvalue weighted by Gasteiger charge is 2.28. The molecule has 0 aliphatic heterocycles. The SMILES string of the molecule is c1ccc(-c2ccc(N(c3ccc(-c4ccccc4)cc3)c3cccc(-c4nc5c(o4)-c4cccc6cccc-5c46)c3)cc2)cc1. The Hall–Kier alpha value is -6.19. The maximum atomic E-state index is 6.53. The first kappa shape index (κ1) is 26.2. The van der Waals surface area contributed by atoms with Crippen molar-refractivity contribution in [2.75, 3.05) is 4.90 Å². The fourth-order valence-electron chi connectivity index (χ4n) is 6.63. The molecule has 0 atom stereocenters. The van der Waals surface area contributed by atoms with Gasteiger partial charge in [-0.3, -0.25) is 0 Å². The Morgan fingerprint density at radius 3 is 1.54 bits per heavy atom. The van der Waals surface area contributed by atoms with Crippen molar-refractivity contribution in [3.05, 3.63) is 170 Å². The Balaban J connectivity index is 1.13. The van der Waals surface area contributed by atoms with E-state index in [0.29, 0.717) is 5.89 Å². The number of anilines is 3. The third-order valence-corrected chi connectivity index (χ3v) is 8.85. The van der Waals surface area contributed by atoms with Gasteiger partial charge in [-0.15, -0.1) is 0 Å². The molecule has 0 radical (unpaired) electrons. The smallest absolute Gasteiger partial charge is 0.227 e. The molecule has 0 N–H and O–H groups in total. The molecule has 1 aliphatic rings. The second kappa shape index (κ2) is 10.8. The molecule has 0 saturated carbocycles. The van der Waals surface area contributed by atoms with Crippen LogP contribution < -0.4 is 4.90 Å². The Bertz CT molecular complexity index is 2200. The van der Waals surface area contributed by atoms with Gasteiger partial charge < -0.3 is 9.32 Å². The summed E-state index contributed by atoms with van der Waals surface area (Å²) < 4.78 is 6.53. The van der Waals surface area contributed by atoms with Crippen LogP contribution in [0.15, 0.2) is 174 Å². The van der Waals surface area contributed by atoms with E-state index in [1.165, 1.54) is 33.0 Å². The standard InChI is InChI=1S/C43H28N2O/c1-3-10-29(11-4-1)31-20-24-35(25-21-31)45(36-26-22-32(23-27-36)30-12-5-2-6-13-30)37-17-7-16-34(28-37)43-44-41-38-18-8-14-33-15-9-19-39(40(33)38)42(41)46-43/h1-28H. The van der Waals surface area contributed by atoms with Gasteiger partial charge >= 0.3 is 0 Å². The number of aromatic nitrogens is 1. The molecule has 3 heteroatoms. The Labute approximate surface area is 267 Å². The average molecular weight is 589 g/mol. The zero-order chi connectivity index (χ0) is 30.5. The molecule has 46 heavy (non-hydrogen) atoms. The largest absolute Gasteiger partial charge is 0.435 e. The van der Waals surface area contributed by atoms with Crippen LogP contribution in [0.25, 0.3) is 67.1 Å². The molecule has 8 aromatic rings. The van der Waals surface area contributed by atoms with Crippen molar-refractivity contribution in [2.24, 2.45) is 0 Å². The highest BCUT2D eigenvalue weighted by atomic mass is 16.4. The van der Waals surface area contributed by atoms with E-state index in [4.69, 9.17) is 9.40 Å². The minimum atomic E-state index is 0.622. The second-order valence-electron chi connectivity index (χ2n) is 11.6. The van der Waals surface area contributed by atoms with Crippen LogP contribution in [0.3, 0.4) is 0 Å². The van der Waals surface area contributed by atoms with Crippen molar-refractivity contribution in [1.82, 2.24) is 4.98 Å². The summed E-state index contributed by atoms with van der Waals surface area (Å²) in [4.78, 5) is 7.34. The summed E-state index contributed by atoms with van der Waals surface area (Å²) >= 11 is 0. The van der Waals surface area contributed by atoms with Crippen molar-refractivity contribution in [3.63, 3.8) is 0 Å². The summed E-state index contributed by atoms with van der Waals surface area (Å²) in [6, 6.07) is 59.7. The highest BCUT2D eigenvalue weighted by Crippen LogP contribution is 2.48. The number of hydrogen-bond donors (Lipinski definition) is 0. The number of fused-ring (bicyclic) bond motifs is 3. The fourth-order valence-corrected chi connectivity index (χ4v) is 6.63. The van der Waals surface area contributed by atoms with Gasteiger partial charge in [0, 0.05) is 39.1 Å². The Kier molecular flexibility index (Phi) is 6.14. The molecule has 0 unspecified atom stereocenters. The van der Waals surface area contributed by atoms with Crippen molar-refractivity contribution in [1.29, 1.82) is 0 Å². The summed E-state index contributed by atoms with van der Waals surface area (Å²) in [5.41, 5.74) is 12.0. The van der Waals surface area contributed by atoms with Crippen LogP contribution in [0.5, 0.6) is 0 Å². The van der Waals surface area contributed by atoms with Gasteiger partial charge in [-0.25, -0.2) is 4.98 Å². The third-order valence-electron chi connectivity index (χ3n) is 8.85. The number of oxazole rings is 1. The molecule has 1 aliphatic carbocycles. The molecule has 1 aromatic heterocycles. The third kappa shape index (κ3) is 4.41. The van der Waals surface area contributed by atoms with E-state index in [9.17, 15) is 0 Å². The van der Waals surface area contributed by atoms with E-state index in [1.807, 2.05) is 12.1 Å². The Morgan fingerprint density at radius 2 is 0.935 bits per heavy atom. The second-order valence-corrected chi connectivity index (χ2v) is 11.6. The van der Waals surface area contributed by atoms with Crippen LogP contribution in [-0.4, -0.2) is 4.98 Å². The minimum Gasteiger partial charge on any atom is -0.435 e. The lowest BCUT2D eigenvalue weighted by Crippen LogP contribution is -2.10. The molecule has 0 spiro atoms. The van der Waals surface area contributed by atoms with Crippen molar-refractivity contribution >= 4 is 27.8 Å². The van der Waals surface area contributed by atoms with Crippen LogP contribution >= 0.6 is 0 Å². The van der Waals surface area contributed by atoms with Crippen LogP contribution in [0.4, 0.5) is 17.1 Å². The lowest BCUT2D eigenvalue weighted by molar-refractivity contribution is 0.590. The van der Waals surface area contributed by atoms with Gasteiger partial charge in [-0.1, -0.05) is 127 Å². The van der Waals surface area contributed by atoms with E-state index in [2.05, 4.69) is 163 Å². The number of nitrogens with zero attached hydrogens (tertiary/aromatic N) is 2. The van der Waals surface area contributed by atoms with Crippen molar-refractivity contribution in [3.8, 4) is 56.3 Å². The topological polar surface area (TPSA) is 29.3 Å². The maximum absolute atomic E-state index is 6.53.